The van der Waals surface area contributed by atoms with Crippen molar-refractivity contribution >= 4 is 43.3 Å². The number of hydrogen-bond acceptors (Lipinski definition) is 1. The summed E-state index contributed by atoms with van der Waals surface area (Å²) < 4.78 is 0. The molecule has 0 N–H and O–H groups in total. The van der Waals surface area contributed by atoms with E-state index in [0.717, 1.165) is 22.1 Å². The summed E-state index contributed by atoms with van der Waals surface area (Å²) in [6.45, 7) is 0. The van der Waals surface area contributed by atoms with Crippen molar-refractivity contribution in [3.8, 4) is 0 Å². The molecule has 64 valence electrons. The van der Waals surface area contributed by atoms with Crippen LogP contribution >= 0.6 is 31.9 Å². The van der Waals surface area contributed by atoms with Gasteiger partial charge in [0.2, 0.25) is 0 Å². The highest BCUT2D eigenvalue weighted by molar-refractivity contribution is 9.10. The summed E-state index contributed by atoms with van der Waals surface area (Å²) in [5.41, 5.74) is 2.10. The summed E-state index contributed by atoms with van der Waals surface area (Å²) >= 11 is 6.75. The molecule has 0 saturated carbocycles. The van der Waals surface area contributed by atoms with E-state index >= 15 is 0 Å². The molecule has 0 spiro atoms. The molecule has 0 heterocycles. The van der Waals surface area contributed by atoms with Gasteiger partial charge >= 0.3 is 0 Å². The van der Waals surface area contributed by atoms with E-state index in [1.165, 1.54) is 0 Å². The van der Waals surface area contributed by atoms with E-state index in [0.29, 0.717) is 0 Å². The average Bonchev–Trinajstić information content (AvgIpc) is 2.16. The molecule has 1 aromatic rings. The molecule has 0 aliphatic heterocycles. The van der Waals surface area contributed by atoms with Gasteiger partial charge in [-0.25, -0.2) is 0 Å². The Kier molecular flexibility index (Phi) is 4.54. The van der Waals surface area contributed by atoms with E-state index < -0.39 is 0 Å². The van der Waals surface area contributed by atoms with E-state index in [-0.39, 0.29) is 0 Å². The Balaban J connectivity index is 2.79. The first-order valence-electron chi connectivity index (χ1n) is 3.60. The van der Waals surface area contributed by atoms with Gasteiger partial charge in [-0.3, -0.25) is 4.99 Å². The van der Waals surface area contributed by atoms with Crippen LogP contribution in [-0.2, 0) is 0 Å². The van der Waals surface area contributed by atoms with Crippen LogP contribution in [0.3, 0.4) is 0 Å². The lowest BCUT2D eigenvalue weighted by Crippen LogP contribution is -1.99. The fourth-order valence-electron chi connectivity index (χ4n) is 0.781. The molecule has 12 heavy (non-hydrogen) atoms. The molecule has 0 bridgehead atoms. The molecule has 0 saturated heterocycles. The Morgan fingerprint density at radius 2 is 1.67 bits per heavy atom. The topological polar surface area (TPSA) is 12.4 Å². The third kappa shape index (κ3) is 3.07. The van der Waals surface area contributed by atoms with Gasteiger partial charge in [-0.1, -0.05) is 50.1 Å². The van der Waals surface area contributed by atoms with Crippen LogP contribution in [0.1, 0.15) is 0 Å². The maximum Gasteiger partial charge on any atom is 0.0629 e. The quantitative estimate of drug-likeness (QED) is 0.596. The summed E-state index contributed by atoms with van der Waals surface area (Å²) in [6, 6.07) is 9.94. The van der Waals surface area contributed by atoms with Gasteiger partial charge in [0.1, 0.15) is 0 Å². The van der Waals surface area contributed by atoms with Crippen LogP contribution in [0.25, 0.3) is 0 Å². The van der Waals surface area contributed by atoms with E-state index in [1.54, 1.807) is 0 Å². The van der Waals surface area contributed by atoms with Gasteiger partial charge in [0, 0.05) is 16.4 Å². The van der Waals surface area contributed by atoms with Crippen LogP contribution in [-0.4, -0.2) is 16.4 Å². The third-order valence-electron chi connectivity index (χ3n) is 1.35. The van der Waals surface area contributed by atoms with Crippen LogP contribution in [0, 0.1) is 0 Å². The van der Waals surface area contributed by atoms with E-state index in [4.69, 9.17) is 0 Å². The highest BCUT2D eigenvalue weighted by Crippen LogP contribution is 2.11. The van der Waals surface area contributed by atoms with Crippen molar-refractivity contribution in [3.05, 3.63) is 30.3 Å². The van der Waals surface area contributed by atoms with Gasteiger partial charge in [-0.05, 0) is 12.1 Å². The normalized spacial score (nSPS) is 9.50. The number of para-hydroxylation sites is 1. The summed E-state index contributed by atoms with van der Waals surface area (Å²) in [6.07, 6.45) is 0. The smallest absolute Gasteiger partial charge is 0.0629 e. The molecular formula is C9H9Br2N. The summed E-state index contributed by atoms with van der Waals surface area (Å²) in [5, 5.41) is 1.63. The van der Waals surface area contributed by atoms with Gasteiger partial charge in [0.25, 0.3) is 0 Å². The zero-order chi connectivity index (χ0) is 8.81. The monoisotopic (exact) mass is 289 g/mol. The molecular weight excluding hydrogens is 282 g/mol. The maximum absolute atomic E-state index is 4.42. The SMILES string of the molecule is BrCC(CBr)=Nc1ccccc1. The first-order valence-corrected chi connectivity index (χ1v) is 5.84. The van der Waals surface area contributed by atoms with E-state index in [1.807, 2.05) is 30.3 Å². The average molecular weight is 291 g/mol. The van der Waals surface area contributed by atoms with Gasteiger partial charge in [0.15, 0.2) is 0 Å². The van der Waals surface area contributed by atoms with E-state index in [9.17, 15) is 0 Å². The minimum atomic E-state index is 0.813. The molecule has 0 unspecified atom stereocenters. The lowest BCUT2D eigenvalue weighted by atomic mass is 10.3. The fraction of sp³-hybridized carbons (Fsp3) is 0.222. The zero-order valence-electron chi connectivity index (χ0n) is 6.50. The zero-order valence-corrected chi connectivity index (χ0v) is 9.68. The lowest BCUT2D eigenvalue weighted by Gasteiger charge is -1.96. The second kappa shape index (κ2) is 5.49. The number of alkyl halides is 2. The molecule has 0 radical (unpaired) electrons. The van der Waals surface area contributed by atoms with Crippen LogP contribution in [0.15, 0.2) is 35.3 Å². The van der Waals surface area contributed by atoms with Gasteiger partial charge < -0.3 is 0 Å². The van der Waals surface area contributed by atoms with Crippen LogP contribution < -0.4 is 0 Å². The van der Waals surface area contributed by atoms with Crippen LogP contribution in [0.4, 0.5) is 5.69 Å². The number of aliphatic imine (C=N–C) groups is 1. The molecule has 0 fully saturated rings. The molecule has 0 atom stereocenters. The molecule has 1 aromatic carbocycles. The minimum Gasteiger partial charge on any atom is -0.256 e. The Morgan fingerprint density at radius 3 is 2.17 bits per heavy atom. The number of hydrogen-bond donors (Lipinski definition) is 0. The fourth-order valence-corrected chi connectivity index (χ4v) is 1.96. The Bertz CT molecular complexity index is 250. The molecule has 1 nitrogen and oxygen atoms in total. The van der Waals surface area contributed by atoms with Crippen molar-refractivity contribution in [3.63, 3.8) is 0 Å². The van der Waals surface area contributed by atoms with Crippen molar-refractivity contribution in [1.82, 2.24) is 0 Å². The second-order valence-corrected chi connectivity index (χ2v) is 3.40. The lowest BCUT2D eigenvalue weighted by molar-refractivity contribution is 1.49. The van der Waals surface area contributed by atoms with Crippen molar-refractivity contribution in [2.24, 2.45) is 4.99 Å². The molecule has 0 aromatic heterocycles. The minimum absolute atomic E-state index is 0.813. The summed E-state index contributed by atoms with van der Waals surface area (Å²) in [5.74, 6) is 0. The van der Waals surface area contributed by atoms with Crippen LogP contribution in [0.2, 0.25) is 0 Å². The Labute approximate surface area is 89.2 Å². The molecule has 3 heteroatoms. The Morgan fingerprint density at radius 1 is 1.08 bits per heavy atom. The number of rotatable bonds is 3. The second-order valence-electron chi connectivity index (χ2n) is 2.28. The van der Waals surface area contributed by atoms with Crippen molar-refractivity contribution in [2.75, 3.05) is 10.7 Å². The highest BCUT2D eigenvalue weighted by Gasteiger charge is 1.93. The first kappa shape index (κ1) is 9.93. The summed E-state index contributed by atoms with van der Waals surface area (Å²) in [7, 11) is 0. The number of benzene rings is 1. The third-order valence-corrected chi connectivity index (χ3v) is 2.65. The van der Waals surface area contributed by atoms with Crippen LogP contribution in [0.5, 0.6) is 0 Å². The molecule has 1 rings (SSSR count). The number of nitrogens with zero attached hydrogens (tertiary/aromatic N) is 1. The van der Waals surface area contributed by atoms with Gasteiger partial charge in [-0.15, -0.1) is 0 Å². The molecule has 0 aliphatic rings. The predicted molar refractivity (Wildman–Crippen MR) is 61.1 cm³/mol. The Hall–Kier alpha value is -0.150. The largest absolute Gasteiger partial charge is 0.256 e. The molecule has 0 amide bonds. The van der Waals surface area contributed by atoms with Crippen molar-refractivity contribution in [2.45, 2.75) is 0 Å². The molecule has 0 aliphatic carbocycles. The first-order chi connectivity index (χ1) is 5.86. The van der Waals surface area contributed by atoms with Crippen molar-refractivity contribution in [1.29, 1.82) is 0 Å². The van der Waals surface area contributed by atoms with E-state index in [2.05, 4.69) is 36.9 Å². The standard InChI is InChI=1S/C9H9Br2N/c10-6-9(7-11)12-8-4-2-1-3-5-8/h1-5H,6-7H2. The van der Waals surface area contributed by atoms with Crippen molar-refractivity contribution < 1.29 is 0 Å². The van der Waals surface area contributed by atoms with Gasteiger partial charge in [-0.2, -0.15) is 0 Å². The number of halogens is 2. The highest BCUT2D eigenvalue weighted by atomic mass is 79.9. The predicted octanol–water partition coefficient (Wildman–Crippen LogP) is 3.55. The summed E-state index contributed by atoms with van der Waals surface area (Å²) in [4.78, 5) is 4.42. The van der Waals surface area contributed by atoms with Gasteiger partial charge in [0.05, 0.1) is 5.69 Å². The maximum atomic E-state index is 4.42.